The molecule has 0 heterocycles. The number of benzene rings is 1. The van der Waals surface area contributed by atoms with Crippen LogP contribution in [0.1, 0.15) is 13.8 Å². The number of hydrogen-bond donors (Lipinski definition) is 2. The third kappa shape index (κ3) is 3.57. The molecule has 0 fully saturated rings. The summed E-state index contributed by atoms with van der Waals surface area (Å²) >= 11 is 0. The summed E-state index contributed by atoms with van der Waals surface area (Å²) in [5.74, 6) is -0.581. The SMILES string of the molecule is CCN(CC)S(=O)(=O)Nc1cc(N)cc(F)c1. The fraction of sp³-hybridized carbons (Fsp3) is 0.400. The van der Waals surface area contributed by atoms with Gasteiger partial charge in [0.2, 0.25) is 0 Å². The zero-order valence-corrected chi connectivity index (χ0v) is 10.6. The van der Waals surface area contributed by atoms with Crippen molar-refractivity contribution in [2.45, 2.75) is 13.8 Å². The Bertz CT molecular complexity index is 466. The fourth-order valence-corrected chi connectivity index (χ4v) is 2.67. The standard InChI is InChI=1S/C10H16FN3O2S/c1-3-14(4-2)17(15,16)13-10-6-8(11)5-9(12)7-10/h5-7,13H,3-4,12H2,1-2H3. The predicted octanol–water partition coefficient (Wildman–Crippen LogP) is 1.41. The summed E-state index contributed by atoms with van der Waals surface area (Å²) in [5, 5.41) is 0. The van der Waals surface area contributed by atoms with Gasteiger partial charge in [0, 0.05) is 18.8 Å². The largest absolute Gasteiger partial charge is 0.399 e. The highest BCUT2D eigenvalue weighted by atomic mass is 32.2. The Hall–Kier alpha value is -1.34. The average Bonchev–Trinajstić information content (AvgIpc) is 2.15. The first-order valence-electron chi connectivity index (χ1n) is 5.23. The van der Waals surface area contributed by atoms with Crippen LogP contribution in [0, 0.1) is 5.82 Å². The fourth-order valence-electron chi connectivity index (χ4n) is 1.45. The van der Waals surface area contributed by atoms with Crippen molar-refractivity contribution in [3.8, 4) is 0 Å². The van der Waals surface area contributed by atoms with E-state index in [2.05, 4.69) is 4.72 Å². The normalized spacial score (nSPS) is 11.8. The number of nitrogens with zero attached hydrogens (tertiary/aromatic N) is 1. The van der Waals surface area contributed by atoms with Gasteiger partial charge in [0.1, 0.15) is 5.82 Å². The topological polar surface area (TPSA) is 75.4 Å². The van der Waals surface area contributed by atoms with Crippen molar-refractivity contribution in [1.82, 2.24) is 4.31 Å². The molecule has 0 aliphatic rings. The molecule has 0 radical (unpaired) electrons. The number of halogens is 1. The van der Waals surface area contributed by atoms with Gasteiger partial charge in [-0.25, -0.2) is 4.39 Å². The minimum atomic E-state index is -3.65. The van der Waals surface area contributed by atoms with Gasteiger partial charge in [0.15, 0.2) is 0 Å². The molecule has 5 nitrogen and oxygen atoms in total. The van der Waals surface area contributed by atoms with Crippen molar-refractivity contribution in [3.63, 3.8) is 0 Å². The van der Waals surface area contributed by atoms with Gasteiger partial charge in [-0.1, -0.05) is 13.8 Å². The quantitative estimate of drug-likeness (QED) is 0.787. The number of nitrogens with one attached hydrogen (secondary N) is 1. The van der Waals surface area contributed by atoms with E-state index in [4.69, 9.17) is 5.73 Å². The molecule has 0 saturated heterocycles. The molecule has 0 atom stereocenters. The molecule has 1 rings (SSSR count). The second kappa shape index (κ2) is 5.33. The summed E-state index contributed by atoms with van der Waals surface area (Å²) in [6, 6.07) is 3.57. The third-order valence-electron chi connectivity index (χ3n) is 2.21. The minimum absolute atomic E-state index is 0.120. The van der Waals surface area contributed by atoms with Crippen molar-refractivity contribution >= 4 is 21.6 Å². The van der Waals surface area contributed by atoms with Gasteiger partial charge in [-0.3, -0.25) is 4.72 Å². The smallest absolute Gasteiger partial charge is 0.301 e. The molecule has 0 unspecified atom stereocenters. The Morgan fingerprint density at radius 3 is 2.35 bits per heavy atom. The molecule has 1 aromatic carbocycles. The van der Waals surface area contributed by atoms with E-state index in [-0.39, 0.29) is 11.4 Å². The molecule has 0 saturated carbocycles. The molecule has 7 heteroatoms. The van der Waals surface area contributed by atoms with Gasteiger partial charge in [0.25, 0.3) is 0 Å². The van der Waals surface area contributed by atoms with Crippen LogP contribution in [0.3, 0.4) is 0 Å². The van der Waals surface area contributed by atoms with Crippen LogP contribution in [0.15, 0.2) is 18.2 Å². The molecule has 0 bridgehead atoms. The highest BCUT2D eigenvalue weighted by Crippen LogP contribution is 2.17. The molecule has 0 aromatic heterocycles. The van der Waals surface area contributed by atoms with Gasteiger partial charge < -0.3 is 5.73 Å². The Morgan fingerprint density at radius 2 is 1.88 bits per heavy atom. The molecule has 96 valence electrons. The number of nitrogens with two attached hydrogens (primary N) is 1. The lowest BCUT2D eigenvalue weighted by Crippen LogP contribution is -2.35. The summed E-state index contributed by atoms with van der Waals surface area (Å²) in [6.45, 7) is 4.14. The van der Waals surface area contributed by atoms with Crippen LogP contribution >= 0.6 is 0 Å². The van der Waals surface area contributed by atoms with E-state index in [1.54, 1.807) is 13.8 Å². The molecule has 0 amide bonds. The van der Waals surface area contributed by atoms with Crippen molar-refractivity contribution in [2.75, 3.05) is 23.5 Å². The average molecular weight is 261 g/mol. The van der Waals surface area contributed by atoms with Crippen molar-refractivity contribution in [3.05, 3.63) is 24.0 Å². The lowest BCUT2D eigenvalue weighted by atomic mass is 10.3. The van der Waals surface area contributed by atoms with Crippen LogP contribution in [-0.2, 0) is 10.2 Å². The summed E-state index contributed by atoms with van der Waals surface area (Å²) in [4.78, 5) is 0. The van der Waals surface area contributed by atoms with E-state index in [9.17, 15) is 12.8 Å². The van der Waals surface area contributed by atoms with E-state index in [1.807, 2.05) is 0 Å². The van der Waals surface area contributed by atoms with Crippen LogP contribution in [0.5, 0.6) is 0 Å². The van der Waals surface area contributed by atoms with Gasteiger partial charge in [-0.15, -0.1) is 0 Å². The molecule has 3 N–H and O–H groups in total. The van der Waals surface area contributed by atoms with Crippen LogP contribution in [0.4, 0.5) is 15.8 Å². The zero-order chi connectivity index (χ0) is 13.1. The maximum Gasteiger partial charge on any atom is 0.301 e. The second-order valence-electron chi connectivity index (χ2n) is 3.46. The number of hydrogen-bond acceptors (Lipinski definition) is 3. The molecule has 0 aliphatic heterocycles. The van der Waals surface area contributed by atoms with E-state index in [0.29, 0.717) is 13.1 Å². The second-order valence-corrected chi connectivity index (χ2v) is 5.14. The number of rotatable bonds is 5. The first-order chi connectivity index (χ1) is 7.89. The van der Waals surface area contributed by atoms with E-state index >= 15 is 0 Å². The van der Waals surface area contributed by atoms with E-state index < -0.39 is 16.0 Å². The molecule has 0 spiro atoms. The Labute approximate surface area is 101 Å². The summed E-state index contributed by atoms with van der Waals surface area (Å²) < 4.78 is 40.2. The van der Waals surface area contributed by atoms with Gasteiger partial charge in [-0.05, 0) is 18.2 Å². The lowest BCUT2D eigenvalue weighted by Gasteiger charge is -2.19. The van der Waals surface area contributed by atoms with Crippen molar-refractivity contribution < 1.29 is 12.8 Å². The molecule has 17 heavy (non-hydrogen) atoms. The van der Waals surface area contributed by atoms with Gasteiger partial charge in [-0.2, -0.15) is 12.7 Å². The van der Waals surface area contributed by atoms with Gasteiger partial charge >= 0.3 is 10.2 Å². The van der Waals surface area contributed by atoms with Crippen LogP contribution < -0.4 is 10.5 Å². The highest BCUT2D eigenvalue weighted by molar-refractivity contribution is 7.90. The minimum Gasteiger partial charge on any atom is -0.399 e. The molecule has 1 aromatic rings. The Morgan fingerprint density at radius 1 is 1.29 bits per heavy atom. The maximum atomic E-state index is 13.0. The Kier molecular flexibility index (Phi) is 4.30. The Balaban J connectivity index is 2.97. The molecular formula is C10H16FN3O2S. The highest BCUT2D eigenvalue weighted by Gasteiger charge is 2.18. The summed E-state index contributed by atoms with van der Waals surface area (Å²) in [5.41, 5.74) is 5.72. The first-order valence-corrected chi connectivity index (χ1v) is 6.67. The van der Waals surface area contributed by atoms with Crippen LogP contribution in [0.25, 0.3) is 0 Å². The van der Waals surface area contributed by atoms with Crippen LogP contribution in [-0.4, -0.2) is 25.8 Å². The summed E-state index contributed by atoms with van der Waals surface area (Å²) in [7, 11) is -3.65. The van der Waals surface area contributed by atoms with Crippen molar-refractivity contribution in [1.29, 1.82) is 0 Å². The zero-order valence-electron chi connectivity index (χ0n) is 9.77. The van der Waals surface area contributed by atoms with E-state index in [0.717, 1.165) is 12.1 Å². The predicted molar refractivity (Wildman–Crippen MR) is 66.3 cm³/mol. The number of nitrogen functional groups attached to an aromatic ring is 1. The van der Waals surface area contributed by atoms with Gasteiger partial charge in [0.05, 0.1) is 5.69 Å². The first kappa shape index (κ1) is 13.7. The van der Waals surface area contributed by atoms with Crippen molar-refractivity contribution in [2.24, 2.45) is 0 Å². The lowest BCUT2D eigenvalue weighted by molar-refractivity contribution is 0.449. The molecular weight excluding hydrogens is 245 g/mol. The number of anilines is 2. The van der Waals surface area contributed by atoms with Crippen LogP contribution in [0.2, 0.25) is 0 Å². The van der Waals surface area contributed by atoms with E-state index in [1.165, 1.54) is 10.4 Å². The monoisotopic (exact) mass is 261 g/mol. The molecule has 0 aliphatic carbocycles. The summed E-state index contributed by atoms with van der Waals surface area (Å²) in [6.07, 6.45) is 0. The third-order valence-corrected chi connectivity index (χ3v) is 3.90. The maximum absolute atomic E-state index is 13.0.